The predicted octanol–water partition coefficient (Wildman–Crippen LogP) is 3.80. The van der Waals surface area contributed by atoms with Crippen molar-refractivity contribution in [3.8, 4) is 33.4 Å². The standard InChI is InChI=1S/C26H20N2O6S2.C11H9N.3CHO.Na.Re/c1-15-13-23(17-3-7-19(8-4-17)35-34-33-29)21-11-12-22-24(14-16(2)28-26(22)25(21)27-15)18-5-9-20(10-6-18)36(30,31)32;1-2-4-10(5-3-1)11-6-8-12-9-7-11;3*1-2;;/h3-14,29H,1-2H3,(H,30,31,32);1-9H;3*1H;;/q;;3*-1;+1;/p-2. The third kappa shape index (κ3) is 13.1. The Morgan fingerprint density at radius 2 is 1.04 bits per heavy atom. The number of benzene rings is 4. The van der Waals surface area contributed by atoms with E-state index < -0.39 is 10.1 Å². The molecule has 4 aromatic carbocycles. The van der Waals surface area contributed by atoms with Crippen LogP contribution < -0.4 is 34.8 Å². The number of aryl methyl sites for hydroxylation is 2. The monoisotopic (exact) mass is 970 g/mol. The second-order valence-corrected chi connectivity index (χ2v) is 13.0. The molecule has 0 spiro atoms. The number of pyridine rings is 3. The van der Waals surface area contributed by atoms with Gasteiger partial charge < -0.3 is 24.2 Å². The molecule has 1 radical (unpaired) electrons. The molecule has 0 fully saturated rings. The molecule has 0 aliphatic heterocycles. The van der Waals surface area contributed by atoms with Gasteiger partial charge in [-0.1, -0.05) is 66.7 Å². The molecule has 0 aliphatic rings. The van der Waals surface area contributed by atoms with Gasteiger partial charge >= 0.3 is 29.6 Å². The molecule has 0 unspecified atom stereocenters. The Kier molecular flexibility index (Phi) is 22.2. The van der Waals surface area contributed by atoms with Gasteiger partial charge in [-0.15, -0.1) is 0 Å². The van der Waals surface area contributed by atoms with Crippen LogP contribution in [0.3, 0.4) is 0 Å². The Morgan fingerprint density at radius 1 is 0.607 bits per heavy atom. The van der Waals surface area contributed by atoms with E-state index in [1.54, 1.807) is 12.1 Å². The molecule has 0 bridgehead atoms. The quantitative estimate of drug-likeness (QED) is 0.0329. The van der Waals surface area contributed by atoms with Crippen molar-refractivity contribution in [3.05, 3.63) is 139 Å². The third-order valence-electron chi connectivity index (χ3n) is 7.58. The fraction of sp³-hybridized carbons (Fsp3) is 0.0500. The molecule has 12 nitrogen and oxygen atoms in total. The zero-order chi connectivity index (χ0) is 39.7. The summed E-state index contributed by atoms with van der Waals surface area (Å²) in [4.78, 5) is 37.3. The number of carbonyl (C=O) groups excluding carboxylic acids is 3. The Bertz CT molecular complexity index is 2340. The van der Waals surface area contributed by atoms with Crippen molar-refractivity contribution in [2.45, 2.75) is 23.6 Å². The molecule has 283 valence electrons. The van der Waals surface area contributed by atoms with E-state index in [1.807, 2.05) is 105 Å². The molecule has 0 saturated carbocycles. The first-order chi connectivity index (χ1) is 26.2. The summed E-state index contributed by atoms with van der Waals surface area (Å²) in [5.41, 5.74) is 9.08. The molecule has 3 heterocycles. The molecular weight excluding hydrogens is 940 g/mol. The van der Waals surface area contributed by atoms with E-state index in [2.05, 4.69) is 46.9 Å². The van der Waals surface area contributed by atoms with Crippen molar-refractivity contribution in [1.29, 1.82) is 0 Å². The summed E-state index contributed by atoms with van der Waals surface area (Å²) in [5.74, 6) is 0. The molecule has 0 saturated heterocycles. The molecule has 7 rings (SSSR count). The summed E-state index contributed by atoms with van der Waals surface area (Å²) in [5, 5.41) is 15.3. The first-order valence-electron chi connectivity index (χ1n) is 15.4. The fourth-order valence-electron chi connectivity index (χ4n) is 5.43. The Balaban J connectivity index is 0.000000658. The average molecular weight is 970 g/mol. The van der Waals surface area contributed by atoms with Crippen molar-refractivity contribution in [1.82, 2.24) is 15.0 Å². The second kappa shape index (κ2) is 25.0. The van der Waals surface area contributed by atoms with Crippen LogP contribution >= 0.6 is 12.0 Å². The molecule has 0 aliphatic carbocycles. The first-order valence-corrected chi connectivity index (χ1v) is 17.5. The number of hydrogen-bond acceptors (Lipinski definition) is 13. The van der Waals surface area contributed by atoms with Gasteiger partial charge in [0.1, 0.15) is 10.1 Å². The van der Waals surface area contributed by atoms with E-state index in [-0.39, 0.29) is 54.9 Å². The minimum atomic E-state index is -4.53. The van der Waals surface area contributed by atoms with Crippen molar-refractivity contribution in [2.75, 3.05) is 0 Å². The Labute approximate surface area is 364 Å². The van der Waals surface area contributed by atoms with Gasteiger partial charge in [0.25, 0.3) is 0 Å². The third-order valence-corrected chi connectivity index (χ3v) is 9.02. The van der Waals surface area contributed by atoms with Gasteiger partial charge in [-0.25, -0.2) is 8.42 Å². The van der Waals surface area contributed by atoms with Crippen molar-refractivity contribution >= 4 is 64.3 Å². The van der Waals surface area contributed by atoms with Crippen LogP contribution in [-0.4, -0.2) is 48.3 Å². The maximum absolute atomic E-state index is 11.3. The van der Waals surface area contributed by atoms with E-state index in [0.717, 1.165) is 67.5 Å². The van der Waals surface area contributed by atoms with E-state index in [0.29, 0.717) is 4.90 Å². The molecule has 0 N–H and O–H groups in total. The number of aromatic nitrogens is 3. The normalized spacial score (nSPS) is 9.93. The van der Waals surface area contributed by atoms with Crippen LogP contribution in [0.1, 0.15) is 11.4 Å². The molecule has 16 heteroatoms. The van der Waals surface area contributed by atoms with Crippen molar-refractivity contribution in [3.63, 3.8) is 0 Å². The Hall–Kier alpha value is -4.34. The number of nitrogens with zero attached hydrogens (tertiary/aromatic N) is 3. The van der Waals surface area contributed by atoms with Gasteiger partial charge in [0.2, 0.25) is 0 Å². The molecule has 0 atom stereocenters. The van der Waals surface area contributed by atoms with Crippen LogP contribution in [0.4, 0.5) is 0 Å². The fourth-order valence-corrected chi connectivity index (χ4v) is 6.25. The van der Waals surface area contributed by atoms with Gasteiger partial charge in [-0.05, 0) is 95.8 Å². The number of rotatable bonds is 7. The van der Waals surface area contributed by atoms with E-state index in [4.69, 9.17) is 24.4 Å². The van der Waals surface area contributed by atoms with Gasteiger partial charge in [0, 0.05) is 59.9 Å². The van der Waals surface area contributed by atoms with Crippen LogP contribution in [0.2, 0.25) is 0 Å². The summed E-state index contributed by atoms with van der Waals surface area (Å²) in [7, 11) is -4.53. The topological polar surface area (TPSA) is 189 Å². The minimum Gasteiger partial charge on any atom is -0.744 e. The SMILES string of the molecule is Cc1cc(-c2ccc(SOO[O-])cc2)c2ccc3c(-c4ccc(S(=O)(=O)[O-])cc4)cc(C)nc3c2n1.[CH-]=O.[CH-]=O.[CH-]=O.[Na+].[Re].c1ccc(-c2ccncc2)cc1. The largest absolute Gasteiger partial charge is 1.00 e. The maximum Gasteiger partial charge on any atom is 1.00 e. The van der Waals surface area contributed by atoms with E-state index in [1.165, 1.54) is 23.3 Å². The average Bonchev–Trinajstić information content (AvgIpc) is 3.22. The Morgan fingerprint density at radius 3 is 1.46 bits per heavy atom. The molecular formula is C40H30N3NaO9ReS2-4. The van der Waals surface area contributed by atoms with Crippen LogP contribution in [0.5, 0.6) is 0 Å². The summed E-state index contributed by atoms with van der Waals surface area (Å²) in [6.45, 7) is 13.6. The summed E-state index contributed by atoms with van der Waals surface area (Å²) in [6, 6.07) is 35.6. The zero-order valence-electron chi connectivity index (χ0n) is 30.1. The summed E-state index contributed by atoms with van der Waals surface area (Å²) in [6.07, 6.45) is 3.62. The number of hydrogen-bond donors (Lipinski definition) is 0. The molecule has 0 amide bonds. The molecule has 3 aromatic heterocycles. The molecule has 7 aromatic rings. The zero-order valence-corrected chi connectivity index (χ0v) is 36.4. The van der Waals surface area contributed by atoms with Crippen LogP contribution in [0.15, 0.2) is 137 Å². The number of fused-ring (bicyclic) bond motifs is 3. The van der Waals surface area contributed by atoms with Gasteiger partial charge in [0.15, 0.2) is 0 Å². The van der Waals surface area contributed by atoms with Crippen molar-refractivity contribution < 1.29 is 92.0 Å². The van der Waals surface area contributed by atoms with Gasteiger partial charge in [-0.3, -0.25) is 40.4 Å². The van der Waals surface area contributed by atoms with Crippen LogP contribution in [-0.2, 0) is 54.3 Å². The van der Waals surface area contributed by atoms with E-state index >= 15 is 0 Å². The minimum absolute atomic E-state index is 0. The second-order valence-electron chi connectivity index (χ2n) is 10.8. The van der Waals surface area contributed by atoms with Crippen LogP contribution in [0, 0.1) is 13.8 Å². The van der Waals surface area contributed by atoms with Crippen LogP contribution in [0.25, 0.3) is 55.2 Å². The summed E-state index contributed by atoms with van der Waals surface area (Å²) < 4.78 is 38.4. The predicted molar refractivity (Wildman–Crippen MR) is 203 cm³/mol. The van der Waals surface area contributed by atoms with Gasteiger partial charge in [0.05, 0.1) is 28.0 Å². The summed E-state index contributed by atoms with van der Waals surface area (Å²) >= 11 is 0.828. The smallest absolute Gasteiger partial charge is 0.744 e. The maximum atomic E-state index is 11.3. The first kappa shape index (κ1) is 49.7. The molecule has 56 heavy (non-hydrogen) atoms. The van der Waals surface area contributed by atoms with Gasteiger partial charge in [-0.2, -0.15) is 4.33 Å². The van der Waals surface area contributed by atoms with E-state index in [9.17, 15) is 18.2 Å². The van der Waals surface area contributed by atoms with Crippen molar-refractivity contribution in [2.24, 2.45) is 0 Å².